The fourth-order valence-electron chi connectivity index (χ4n) is 3.92. The zero-order valence-corrected chi connectivity index (χ0v) is 13.9. The molecule has 1 nitrogen and oxygen atoms in total. The van der Waals surface area contributed by atoms with E-state index in [0.717, 1.165) is 18.8 Å². The van der Waals surface area contributed by atoms with Gasteiger partial charge < -0.3 is 4.74 Å². The van der Waals surface area contributed by atoms with Crippen molar-refractivity contribution in [2.45, 2.75) is 6.42 Å². The molecule has 0 unspecified atom stereocenters. The van der Waals surface area contributed by atoms with Crippen molar-refractivity contribution >= 4 is 22.8 Å². The summed E-state index contributed by atoms with van der Waals surface area (Å²) < 4.78 is 5.94. The van der Waals surface area contributed by atoms with Crippen molar-refractivity contribution in [3.8, 4) is 5.75 Å². The Kier molecular flexibility index (Phi) is 3.31. The highest BCUT2D eigenvalue weighted by Gasteiger charge is 2.31. The van der Waals surface area contributed by atoms with Crippen LogP contribution in [0.15, 0.2) is 78.9 Å². The van der Waals surface area contributed by atoms with E-state index in [2.05, 4.69) is 84.9 Å². The van der Waals surface area contributed by atoms with Gasteiger partial charge in [-0.05, 0) is 45.6 Å². The minimum atomic E-state index is 0.751. The maximum atomic E-state index is 5.94. The van der Waals surface area contributed by atoms with Crippen LogP contribution in [0.1, 0.15) is 28.7 Å². The van der Waals surface area contributed by atoms with Crippen LogP contribution >= 0.6 is 0 Å². The molecule has 3 aromatic carbocycles. The zero-order chi connectivity index (χ0) is 16.6. The van der Waals surface area contributed by atoms with Gasteiger partial charge in [0.05, 0.1) is 6.61 Å². The van der Waals surface area contributed by atoms with Crippen LogP contribution in [0.25, 0.3) is 22.8 Å². The molecule has 1 heteroatoms. The fourth-order valence-corrected chi connectivity index (χ4v) is 3.92. The normalized spacial score (nSPS) is 16.7. The largest absolute Gasteiger partial charge is 0.493 e. The van der Waals surface area contributed by atoms with Crippen molar-refractivity contribution in [3.05, 3.63) is 101 Å². The minimum absolute atomic E-state index is 0.751. The van der Waals surface area contributed by atoms with Gasteiger partial charge in [0.25, 0.3) is 0 Å². The summed E-state index contributed by atoms with van der Waals surface area (Å²) in [5.74, 6) is 1.02. The first kappa shape index (κ1) is 14.3. The Morgan fingerprint density at radius 1 is 0.760 bits per heavy atom. The third kappa shape index (κ3) is 2.32. The Hall–Kier alpha value is -3.06. The number of hydrogen-bond acceptors (Lipinski definition) is 1. The minimum Gasteiger partial charge on any atom is -0.493 e. The van der Waals surface area contributed by atoms with E-state index >= 15 is 0 Å². The molecular weight excluding hydrogens is 304 g/mol. The van der Waals surface area contributed by atoms with Gasteiger partial charge in [-0.15, -0.1) is 0 Å². The molecule has 1 heterocycles. The molecule has 0 fully saturated rings. The van der Waals surface area contributed by atoms with Gasteiger partial charge in [0.15, 0.2) is 0 Å². The summed E-state index contributed by atoms with van der Waals surface area (Å²) in [5, 5.41) is 0. The molecule has 25 heavy (non-hydrogen) atoms. The molecule has 0 saturated heterocycles. The fraction of sp³-hybridized carbons (Fsp3) is 0.0833. The van der Waals surface area contributed by atoms with Gasteiger partial charge in [-0.1, -0.05) is 72.8 Å². The molecule has 0 aromatic heterocycles. The molecule has 3 aromatic rings. The van der Waals surface area contributed by atoms with Crippen molar-refractivity contribution < 1.29 is 4.74 Å². The van der Waals surface area contributed by atoms with Gasteiger partial charge in [-0.3, -0.25) is 0 Å². The summed E-state index contributed by atoms with van der Waals surface area (Å²) in [6.45, 7) is 0.751. The molecule has 0 amide bonds. The van der Waals surface area contributed by atoms with Gasteiger partial charge in [0.1, 0.15) is 5.75 Å². The standard InChI is InChI=1S/C24H18O/c1-3-8-17(9-4-1)16-21-19-12-7-13-22-24(19)20(14-15-25-22)23(21)18-10-5-2-6-11-18/h1-13,16H,14-15H2/b21-16+. The third-order valence-electron chi connectivity index (χ3n) is 4.97. The van der Waals surface area contributed by atoms with Crippen molar-refractivity contribution in [2.75, 3.05) is 6.61 Å². The van der Waals surface area contributed by atoms with E-state index in [1.54, 1.807) is 0 Å². The van der Waals surface area contributed by atoms with Gasteiger partial charge in [-0.2, -0.15) is 0 Å². The lowest BCUT2D eigenvalue weighted by molar-refractivity contribution is 0.317. The van der Waals surface area contributed by atoms with E-state index in [0.29, 0.717) is 0 Å². The van der Waals surface area contributed by atoms with E-state index in [4.69, 9.17) is 4.74 Å². The van der Waals surface area contributed by atoms with Gasteiger partial charge in [0, 0.05) is 12.0 Å². The van der Waals surface area contributed by atoms with Crippen LogP contribution in [0.4, 0.5) is 0 Å². The molecule has 1 aliphatic carbocycles. The van der Waals surface area contributed by atoms with Crippen LogP contribution in [0.3, 0.4) is 0 Å². The van der Waals surface area contributed by atoms with Crippen LogP contribution in [0.2, 0.25) is 0 Å². The average Bonchev–Trinajstić information content (AvgIpc) is 2.99. The predicted octanol–water partition coefficient (Wildman–Crippen LogP) is 5.93. The summed E-state index contributed by atoms with van der Waals surface area (Å²) in [6.07, 6.45) is 3.27. The molecule has 2 aliphatic rings. The first-order valence-electron chi connectivity index (χ1n) is 8.74. The second-order valence-electron chi connectivity index (χ2n) is 6.47. The van der Waals surface area contributed by atoms with Crippen LogP contribution < -0.4 is 4.74 Å². The highest BCUT2D eigenvalue weighted by Crippen LogP contribution is 2.52. The highest BCUT2D eigenvalue weighted by molar-refractivity contribution is 6.25. The first-order valence-corrected chi connectivity index (χ1v) is 8.74. The second-order valence-corrected chi connectivity index (χ2v) is 6.47. The highest BCUT2D eigenvalue weighted by atomic mass is 16.5. The number of hydrogen-bond donors (Lipinski definition) is 0. The number of benzene rings is 3. The Morgan fingerprint density at radius 3 is 2.32 bits per heavy atom. The van der Waals surface area contributed by atoms with Crippen molar-refractivity contribution in [3.63, 3.8) is 0 Å². The summed E-state index contributed by atoms with van der Waals surface area (Å²) >= 11 is 0. The van der Waals surface area contributed by atoms with Crippen molar-refractivity contribution in [1.29, 1.82) is 0 Å². The maximum absolute atomic E-state index is 5.94. The van der Waals surface area contributed by atoms with Crippen LogP contribution in [-0.4, -0.2) is 6.61 Å². The molecule has 5 rings (SSSR count). The Labute approximate surface area is 147 Å². The lowest BCUT2D eigenvalue weighted by atomic mass is 9.94. The van der Waals surface area contributed by atoms with E-state index in [1.807, 2.05) is 0 Å². The Morgan fingerprint density at radius 2 is 1.52 bits per heavy atom. The topological polar surface area (TPSA) is 9.23 Å². The number of rotatable bonds is 2. The first-order chi connectivity index (χ1) is 12.4. The van der Waals surface area contributed by atoms with E-state index in [-0.39, 0.29) is 0 Å². The zero-order valence-electron chi connectivity index (χ0n) is 13.9. The smallest absolute Gasteiger partial charge is 0.127 e. The van der Waals surface area contributed by atoms with E-state index in [1.165, 1.54) is 39.0 Å². The third-order valence-corrected chi connectivity index (χ3v) is 4.97. The molecule has 0 radical (unpaired) electrons. The lowest BCUT2D eigenvalue weighted by Gasteiger charge is -2.19. The second kappa shape index (κ2) is 5.78. The van der Waals surface area contributed by atoms with E-state index < -0.39 is 0 Å². The Balaban J connectivity index is 1.81. The average molecular weight is 322 g/mol. The lowest BCUT2D eigenvalue weighted by Crippen LogP contribution is -2.07. The number of ether oxygens (including phenoxy) is 1. The maximum Gasteiger partial charge on any atom is 0.127 e. The van der Waals surface area contributed by atoms with Crippen LogP contribution in [-0.2, 0) is 0 Å². The summed E-state index contributed by atoms with van der Waals surface area (Å²) in [5.41, 5.74) is 9.16. The SMILES string of the molecule is C(=C1\C(c2ccccc2)=C2CCOc3cccc1c32)/c1ccccc1. The predicted molar refractivity (Wildman–Crippen MR) is 104 cm³/mol. The van der Waals surface area contributed by atoms with Gasteiger partial charge in [-0.25, -0.2) is 0 Å². The molecule has 0 N–H and O–H groups in total. The quantitative estimate of drug-likeness (QED) is 0.568. The molecule has 1 aliphatic heterocycles. The monoisotopic (exact) mass is 322 g/mol. The van der Waals surface area contributed by atoms with Gasteiger partial charge in [0.2, 0.25) is 0 Å². The summed E-state index contributed by atoms with van der Waals surface area (Å²) in [6, 6.07) is 27.7. The molecule has 0 saturated carbocycles. The van der Waals surface area contributed by atoms with Crippen molar-refractivity contribution in [1.82, 2.24) is 0 Å². The van der Waals surface area contributed by atoms with E-state index in [9.17, 15) is 0 Å². The molecule has 0 spiro atoms. The number of allylic oxidation sites excluding steroid dienone is 2. The Bertz CT molecular complexity index is 995. The molecule has 0 bridgehead atoms. The molecular formula is C24H18O. The van der Waals surface area contributed by atoms with Crippen LogP contribution in [0, 0.1) is 0 Å². The van der Waals surface area contributed by atoms with Crippen molar-refractivity contribution in [2.24, 2.45) is 0 Å². The summed E-state index contributed by atoms with van der Waals surface area (Å²) in [7, 11) is 0. The summed E-state index contributed by atoms with van der Waals surface area (Å²) in [4.78, 5) is 0. The molecule has 120 valence electrons. The van der Waals surface area contributed by atoms with Crippen LogP contribution in [0.5, 0.6) is 5.75 Å². The molecule has 0 atom stereocenters. The van der Waals surface area contributed by atoms with Gasteiger partial charge >= 0.3 is 0 Å².